The van der Waals surface area contributed by atoms with E-state index in [2.05, 4.69) is 50.3 Å². The molecule has 0 N–H and O–H groups in total. The number of ether oxygens (including phenoxy) is 1. The quantitative estimate of drug-likeness (QED) is 0.523. The summed E-state index contributed by atoms with van der Waals surface area (Å²) in [6, 6.07) is 12.7. The molecule has 1 heteroatoms. The van der Waals surface area contributed by atoms with Crippen LogP contribution < -0.4 is 4.74 Å². The molecule has 0 aliphatic rings. The van der Waals surface area contributed by atoms with Gasteiger partial charge in [0, 0.05) is 0 Å². The summed E-state index contributed by atoms with van der Waals surface area (Å²) in [5.74, 6) is 1.76. The van der Waals surface area contributed by atoms with Gasteiger partial charge in [-0.3, -0.25) is 0 Å². The molecule has 98 valence electrons. The molecule has 2 rings (SSSR count). The van der Waals surface area contributed by atoms with Gasteiger partial charge in [-0.1, -0.05) is 42.8 Å². The fourth-order valence-corrected chi connectivity index (χ4v) is 1.97. The Balaban J connectivity index is 2.26. The zero-order chi connectivity index (χ0) is 13.7. The van der Waals surface area contributed by atoms with E-state index in [1.807, 2.05) is 25.1 Å². The zero-order valence-electron chi connectivity index (χ0n) is 11.8. The van der Waals surface area contributed by atoms with Gasteiger partial charge >= 0.3 is 0 Å². The summed E-state index contributed by atoms with van der Waals surface area (Å²) in [5, 5.41) is 2.46. The van der Waals surface area contributed by atoms with E-state index in [1.54, 1.807) is 0 Å². The summed E-state index contributed by atoms with van der Waals surface area (Å²) in [4.78, 5) is 0. The number of hydrogen-bond donors (Lipinski definition) is 0. The summed E-state index contributed by atoms with van der Waals surface area (Å²) in [7, 11) is 0. The van der Waals surface area contributed by atoms with Crippen LogP contribution in [0, 0.1) is 6.92 Å². The Labute approximate surface area is 115 Å². The number of allylic oxidation sites excluding steroid dienone is 3. The second-order valence-corrected chi connectivity index (χ2v) is 4.62. The van der Waals surface area contributed by atoms with Crippen LogP contribution in [0.15, 0.2) is 60.4 Å². The van der Waals surface area contributed by atoms with E-state index in [1.165, 1.54) is 16.3 Å². The molecule has 0 aliphatic carbocycles. The van der Waals surface area contributed by atoms with Crippen LogP contribution in [0.5, 0.6) is 5.75 Å². The van der Waals surface area contributed by atoms with Crippen LogP contribution in [0.2, 0.25) is 0 Å². The molecular formula is C18H20O. The van der Waals surface area contributed by atoms with Crippen molar-refractivity contribution in [1.82, 2.24) is 0 Å². The van der Waals surface area contributed by atoms with E-state index < -0.39 is 0 Å². The molecule has 2 aromatic rings. The van der Waals surface area contributed by atoms with Crippen LogP contribution in [0.25, 0.3) is 10.8 Å². The monoisotopic (exact) mass is 252 g/mol. The molecule has 0 amide bonds. The smallest absolute Gasteiger partial charge is 0.128 e. The molecule has 0 radical (unpaired) electrons. The van der Waals surface area contributed by atoms with Gasteiger partial charge < -0.3 is 4.74 Å². The first-order valence-corrected chi connectivity index (χ1v) is 6.74. The van der Waals surface area contributed by atoms with Crippen LogP contribution >= 0.6 is 0 Å². The van der Waals surface area contributed by atoms with Crippen molar-refractivity contribution >= 4 is 10.8 Å². The van der Waals surface area contributed by atoms with Gasteiger partial charge in [-0.15, -0.1) is 0 Å². The van der Waals surface area contributed by atoms with Gasteiger partial charge in [-0.05, 0) is 55.3 Å². The lowest BCUT2D eigenvalue weighted by Crippen LogP contribution is -1.91. The maximum atomic E-state index is 5.88. The molecule has 0 aromatic heterocycles. The predicted octanol–water partition coefficient (Wildman–Crippen LogP) is 5.40. The topological polar surface area (TPSA) is 9.23 Å². The first-order valence-electron chi connectivity index (χ1n) is 6.74. The fourth-order valence-electron chi connectivity index (χ4n) is 1.97. The van der Waals surface area contributed by atoms with Crippen molar-refractivity contribution in [2.24, 2.45) is 0 Å². The third-order valence-corrected chi connectivity index (χ3v) is 3.01. The maximum absolute atomic E-state index is 5.88. The van der Waals surface area contributed by atoms with E-state index in [4.69, 9.17) is 4.74 Å². The van der Waals surface area contributed by atoms with Gasteiger partial charge in [0.25, 0.3) is 0 Å². The lowest BCUT2D eigenvalue weighted by molar-refractivity contribution is 0.444. The zero-order valence-corrected chi connectivity index (χ0v) is 11.8. The van der Waals surface area contributed by atoms with Crippen LogP contribution in [0.4, 0.5) is 0 Å². The van der Waals surface area contributed by atoms with Gasteiger partial charge in [0.05, 0.1) is 0 Å². The second-order valence-electron chi connectivity index (χ2n) is 4.62. The second kappa shape index (κ2) is 6.24. The minimum absolute atomic E-state index is 0.880. The molecule has 19 heavy (non-hydrogen) atoms. The molecule has 0 bridgehead atoms. The number of fused-ring (bicyclic) bond motifs is 1. The summed E-state index contributed by atoms with van der Waals surface area (Å²) < 4.78 is 5.88. The highest BCUT2D eigenvalue weighted by Gasteiger charge is 1.99. The lowest BCUT2D eigenvalue weighted by Gasteiger charge is -2.08. The molecule has 0 aliphatic heterocycles. The van der Waals surface area contributed by atoms with Gasteiger partial charge in [0.15, 0.2) is 0 Å². The van der Waals surface area contributed by atoms with E-state index in [9.17, 15) is 0 Å². The normalized spacial score (nSPS) is 12.3. The highest BCUT2D eigenvalue weighted by molar-refractivity contribution is 5.84. The van der Waals surface area contributed by atoms with E-state index in [0.29, 0.717) is 0 Å². The predicted molar refractivity (Wildman–Crippen MR) is 82.5 cm³/mol. The number of hydrogen-bond acceptors (Lipinski definition) is 1. The molecule has 0 atom stereocenters. The Hall–Kier alpha value is -2.02. The molecule has 0 spiro atoms. The van der Waals surface area contributed by atoms with Crippen molar-refractivity contribution in [3.63, 3.8) is 0 Å². The summed E-state index contributed by atoms with van der Waals surface area (Å²) in [5.41, 5.74) is 1.28. The number of benzene rings is 2. The minimum atomic E-state index is 0.880. The number of rotatable bonds is 4. The Morgan fingerprint density at radius 2 is 1.84 bits per heavy atom. The standard InChI is InChI=1S/C18H20O/c1-4-6-7-17(5-2)19-18-11-10-15-12-14(3)8-9-16(15)13-18/h5-13H,4H2,1-3H3/b7-6-,17-5+. The van der Waals surface area contributed by atoms with Gasteiger partial charge in [-0.25, -0.2) is 0 Å². The average Bonchev–Trinajstić information content (AvgIpc) is 2.43. The largest absolute Gasteiger partial charge is 0.458 e. The van der Waals surface area contributed by atoms with Crippen molar-refractivity contribution in [1.29, 1.82) is 0 Å². The van der Waals surface area contributed by atoms with Crippen LogP contribution in [-0.2, 0) is 0 Å². The first-order chi connectivity index (χ1) is 9.22. The van der Waals surface area contributed by atoms with Crippen molar-refractivity contribution in [2.45, 2.75) is 27.2 Å². The Morgan fingerprint density at radius 3 is 2.58 bits per heavy atom. The Kier molecular flexibility index (Phi) is 4.40. The first kappa shape index (κ1) is 13.4. The molecule has 0 saturated carbocycles. The van der Waals surface area contributed by atoms with E-state index >= 15 is 0 Å². The van der Waals surface area contributed by atoms with E-state index in [0.717, 1.165) is 17.9 Å². The average molecular weight is 252 g/mol. The molecule has 0 unspecified atom stereocenters. The SMILES string of the molecule is C/C=C(\C=C/CC)Oc1ccc2cc(C)ccc2c1. The number of aryl methyl sites for hydroxylation is 1. The van der Waals surface area contributed by atoms with Gasteiger partial charge in [0.1, 0.15) is 11.5 Å². The third kappa shape index (κ3) is 3.47. The van der Waals surface area contributed by atoms with Crippen LogP contribution in [0.3, 0.4) is 0 Å². The minimum Gasteiger partial charge on any atom is -0.458 e. The molecule has 0 heterocycles. The van der Waals surface area contributed by atoms with Gasteiger partial charge in [0.2, 0.25) is 0 Å². The Bertz CT molecular complexity index is 621. The summed E-state index contributed by atoms with van der Waals surface area (Å²) in [6.45, 7) is 6.21. The van der Waals surface area contributed by atoms with E-state index in [-0.39, 0.29) is 0 Å². The van der Waals surface area contributed by atoms with Crippen molar-refractivity contribution in [2.75, 3.05) is 0 Å². The Morgan fingerprint density at radius 1 is 1.11 bits per heavy atom. The summed E-state index contributed by atoms with van der Waals surface area (Å²) >= 11 is 0. The highest BCUT2D eigenvalue weighted by Crippen LogP contribution is 2.23. The molecule has 0 saturated heterocycles. The third-order valence-electron chi connectivity index (χ3n) is 3.01. The van der Waals surface area contributed by atoms with Crippen molar-refractivity contribution in [3.8, 4) is 5.75 Å². The summed E-state index contributed by atoms with van der Waals surface area (Å²) in [6.07, 6.45) is 7.10. The van der Waals surface area contributed by atoms with Gasteiger partial charge in [-0.2, -0.15) is 0 Å². The molecular weight excluding hydrogens is 232 g/mol. The molecule has 2 aromatic carbocycles. The molecule has 0 fully saturated rings. The van der Waals surface area contributed by atoms with Crippen molar-refractivity contribution in [3.05, 3.63) is 65.9 Å². The fraction of sp³-hybridized carbons (Fsp3) is 0.222. The maximum Gasteiger partial charge on any atom is 0.128 e. The van der Waals surface area contributed by atoms with Crippen LogP contribution in [-0.4, -0.2) is 0 Å². The lowest BCUT2D eigenvalue weighted by atomic mass is 10.1. The van der Waals surface area contributed by atoms with Crippen LogP contribution in [0.1, 0.15) is 25.8 Å². The molecule has 1 nitrogen and oxygen atoms in total. The van der Waals surface area contributed by atoms with Crippen molar-refractivity contribution < 1.29 is 4.74 Å². The highest BCUT2D eigenvalue weighted by atomic mass is 16.5.